The van der Waals surface area contributed by atoms with Crippen LogP contribution in [0.15, 0.2) is 54.6 Å². The second-order valence-electron chi connectivity index (χ2n) is 5.81. The van der Waals surface area contributed by atoms with Crippen molar-refractivity contribution in [3.05, 3.63) is 71.0 Å². The van der Waals surface area contributed by atoms with Crippen LogP contribution in [0.3, 0.4) is 0 Å². The lowest BCUT2D eigenvalue weighted by Crippen LogP contribution is -2.09. The Kier molecular flexibility index (Phi) is 8.01. The van der Waals surface area contributed by atoms with E-state index < -0.39 is 17.8 Å². The van der Waals surface area contributed by atoms with E-state index in [0.29, 0.717) is 5.75 Å². The van der Waals surface area contributed by atoms with Crippen molar-refractivity contribution in [2.24, 2.45) is 0 Å². The largest absolute Gasteiger partial charge is 0.423 e. The van der Waals surface area contributed by atoms with Crippen LogP contribution in [0.4, 0.5) is 4.39 Å². The normalized spacial score (nSPS) is 10.8. The summed E-state index contributed by atoms with van der Waals surface area (Å²) in [4.78, 5) is 23.8. The first-order chi connectivity index (χ1) is 13.0. The molecule has 142 valence electrons. The summed E-state index contributed by atoms with van der Waals surface area (Å²) in [6, 6.07) is 9.63. The monoisotopic (exact) mass is 390 g/mol. The Bertz CT molecular complexity index is 815. The fourth-order valence-electron chi connectivity index (χ4n) is 2.21. The molecule has 0 aliphatic rings. The molecule has 6 heteroatoms. The first-order valence-corrected chi connectivity index (χ1v) is 9.03. The number of hydrogen-bond donors (Lipinski definition) is 0. The zero-order valence-corrected chi connectivity index (χ0v) is 15.7. The summed E-state index contributed by atoms with van der Waals surface area (Å²) >= 11 is 5.59. The van der Waals surface area contributed by atoms with Crippen LogP contribution in [0.2, 0.25) is 5.02 Å². The van der Waals surface area contributed by atoms with Crippen molar-refractivity contribution in [2.75, 3.05) is 0 Å². The highest BCUT2D eigenvalue weighted by Crippen LogP contribution is 2.21. The van der Waals surface area contributed by atoms with Gasteiger partial charge >= 0.3 is 11.9 Å². The number of rotatable bonds is 8. The van der Waals surface area contributed by atoms with Gasteiger partial charge in [-0.05, 0) is 49.2 Å². The predicted molar refractivity (Wildman–Crippen MR) is 102 cm³/mol. The second kappa shape index (κ2) is 10.5. The van der Waals surface area contributed by atoms with E-state index in [1.165, 1.54) is 42.5 Å². The zero-order valence-electron chi connectivity index (χ0n) is 14.9. The van der Waals surface area contributed by atoms with Crippen LogP contribution in [0.25, 0.3) is 0 Å². The Morgan fingerprint density at radius 3 is 2.41 bits per heavy atom. The van der Waals surface area contributed by atoms with Crippen molar-refractivity contribution in [1.29, 1.82) is 0 Å². The molecule has 0 bridgehead atoms. The van der Waals surface area contributed by atoms with Crippen LogP contribution in [-0.2, 0) is 4.79 Å². The fraction of sp³-hybridized carbons (Fsp3) is 0.238. The van der Waals surface area contributed by atoms with Crippen LogP contribution < -0.4 is 9.47 Å². The van der Waals surface area contributed by atoms with E-state index >= 15 is 0 Å². The lowest BCUT2D eigenvalue weighted by Gasteiger charge is -2.06. The maximum Gasteiger partial charge on any atom is 0.343 e. The van der Waals surface area contributed by atoms with Crippen LogP contribution in [0.1, 0.15) is 43.0 Å². The molecule has 0 atom stereocenters. The van der Waals surface area contributed by atoms with Crippen molar-refractivity contribution in [2.45, 2.75) is 32.6 Å². The fourth-order valence-corrected chi connectivity index (χ4v) is 2.32. The maximum atomic E-state index is 13.4. The summed E-state index contributed by atoms with van der Waals surface area (Å²) in [5.41, 5.74) is 0.236. The second-order valence-corrected chi connectivity index (χ2v) is 6.22. The number of allylic oxidation sites excluding steroid dienone is 1. The van der Waals surface area contributed by atoms with Crippen LogP contribution in [-0.4, -0.2) is 11.9 Å². The van der Waals surface area contributed by atoms with Crippen molar-refractivity contribution in [1.82, 2.24) is 0 Å². The first-order valence-electron chi connectivity index (χ1n) is 8.65. The summed E-state index contributed by atoms with van der Waals surface area (Å²) in [7, 11) is 0. The molecule has 0 unspecified atom stereocenters. The maximum absolute atomic E-state index is 13.4. The lowest BCUT2D eigenvalue weighted by atomic mass is 10.2. The molecule has 0 heterocycles. The molecule has 0 fully saturated rings. The minimum absolute atomic E-state index is 0.0469. The Morgan fingerprint density at radius 2 is 1.74 bits per heavy atom. The minimum atomic E-state index is -0.674. The number of halogens is 2. The zero-order chi connectivity index (χ0) is 19.6. The molecule has 4 nitrogen and oxygen atoms in total. The van der Waals surface area contributed by atoms with Crippen molar-refractivity contribution in [3.8, 4) is 11.5 Å². The molecule has 2 aromatic carbocycles. The quantitative estimate of drug-likeness (QED) is 0.249. The van der Waals surface area contributed by atoms with Gasteiger partial charge in [-0.3, -0.25) is 0 Å². The van der Waals surface area contributed by atoms with Gasteiger partial charge in [-0.1, -0.05) is 37.4 Å². The third-order valence-corrected chi connectivity index (χ3v) is 3.94. The Labute approximate surface area is 162 Å². The summed E-state index contributed by atoms with van der Waals surface area (Å²) < 4.78 is 23.6. The number of benzene rings is 2. The van der Waals surface area contributed by atoms with Gasteiger partial charge in [-0.25, -0.2) is 14.0 Å². The van der Waals surface area contributed by atoms with E-state index in [9.17, 15) is 14.0 Å². The number of unbranched alkanes of at least 4 members (excludes halogenated alkanes) is 3. The molecule has 0 saturated carbocycles. The van der Waals surface area contributed by atoms with Crippen molar-refractivity contribution in [3.63, 3.8) is 0 Å². The molecule has 0 aliphatic carbocycles. The lowest BCUT2D eigenvalue weighted by molar-refractivity contribution is -0.129. The third kappa shape index (κ3) is 6.87. The van der Waals surface area contributed by atoms with Gasteiger partial charge in [0.15, 0.2) is 0 Å². The molecule has 0 aromatic heterocycles. The highest BCUT2D eigenvalue weighted by molar-refractivity contribution is 6.30. The van der Waals surface area contributed by atoms with Gasteiger partial charge in [-0.15, -0.1) is 0 Å². The minimum Gasteiger partial charge on any atom is -0.423 e. The third-order valence-electron chi connectivity index (χ3n) is 3.64. The van der Waals surface area contributed by atoms with Crippen molar-refractivity contribution < 1.29 is 23.5 Å². The average molecular weight is 391 g/mol. The van der Waals surface area contributed by atoms with E-state index in [2.05, 4.69) is 6.92 Å². The molecule has 0 amide bonds. The van der Waals surface area contributed by atoms with E-state index in [1.54, 1.807) is 6.08 Å². The molecular weight excluding hydrogens is 371 g/mol. The van der Waals surface area contributed by atoms with Gasteiger partial charge in [-0.2, -0.15) is 0 Å². The predicted octanol–water partition coefficient (Wildman–Crippen LogP) is 5.74. The molecule has 0 radical (unpaired) electrons. The SMILES string of the molecule is CCCCCC=CC(=O)Oc1ccc(C(=O)Oc2ccc(Cl)c(F)c2)cc1. The molecule has 0 spiro atoms. The summed E-state index contributed by atoms with van der Waals surface area (Å²) in [5, 5.41) is -0.0552. The van der Waals surface area contributed by atoms with E-state index in [4.69, 9.17) is 21.1 Å². The smallest absolute Gasteiger partial charge is 0.343 e. The molecule has 0 saturated heterocycles. The highest BCUT2D eigenvalue weighted by atomic mass is 35.5. The molecular formula is C21H20ClFO4. The standard InChI is InChI=1S/C21H20ClFO4/c1-2-3-4-5-6-7-20(24)26-16-10-8-15(9-11-16)21(25)27-17-12-13-18(22)19(23)14-17/h6-14H,2-5H2,1H3. The molecule has 2 rings (SSSR count). The summed E-state index contributed by atoms with van der Waals surface area (Å²) in [5.74, 6) is -1.45. The Hall–Kier alpha value is -2.66. The van der Waals surface area contributed by atoms with Gasteiger partial charge in [0.2, 0.25) is 0 Å². The van der Waals surface area contributed by atoms with E-state index in [1.807, 2.05) is 0 Å². The number of carbonyl (C=O) groups excluding carboxylic acids is 2. The average Bonchev–Trinajstić information content (AvgIpc) is 2.65. The van der Waals surface area contributed by atoms with Gasteiger partial charge in [0.05, 0.1) is 10.6 Å². The molecule has 0 N–H and O–H groups in total. The van der Waals surface area contributed by atoms with E-state index in [0.717, 1.165) is 31.7 Å². The topological polar surface area (TPSA) is 52.6 Å². The molecule has 0 aliphatic heterocycles. The number of hydrogen-bond acceptors (Lipinski definition) is 4. The van der Waals surface area contributed by atoms with Gasteiger partial charge < -0.3 is 9.47 Å². The summed E-state index contributed by atoms with van der Waals surface area (Å²) in [6.45, 7) is 2.12. The number of esters is 2. The molecule has 27 heavy (non-hydrogen) atoms. The Balaban J connectivity index is 1.89. The van der Waals surface area contributed by atoms with Crippen LogP contribution in [0.5, 0.6) is 11.5 Å². The molecule has 2 aromatic rings. The first kappa shape index (κ1) is 20.6. The number of ether oxygens (including phenoxy) is 2. The van der Waals surface area contributed by atoms with Gasteiger partial charge in [0.25, 0.3) is 0 Å². The van der Waals surface area contributed by atoms with Crippen molar-refractivity contribution >= 4 is 23.5 Å². The van der Waals surface area contributed by atoms with Gasteiger partial charge in [0, 0.05) is 12.1 Å². The van der Waals surface area contributed by atoms with Crippen LogP contribution >= 0.6 is 11.6 Å². The van der Waals surface area contributed by atoms with Crippen LogP contribution in [0, 0.1) is 5.82 Å². The number of carbonyl (C=O) groups is 2. The van der Waals surface area contributed by atoms with Gasteiger partial charge in [0.1, 0.15) is 17.3 Å². The Morgan fingerprint density at radius 1 is 1.04 bits per heavy atom. The van der Waals surface area contributed by atoms with E-state index in [-0.39, 0.29) is 16.3 Å². The summed E-state index contributed by atoms with van der Waals surface area (Å²) in [6.07, 6.45) is 7.30. The highest BCUT2D eigenvalue weighted by Gasteiger charge is 2.11.